The molecule has 5 nitrogen and oxygen atoms in total. The summed E-state index contributed by atoms with van der Waals surface area (Å²) in [5.41, 5.74) is 2.63. The van der Waals surface area contributed by atoms with Crippen LogP contribution in [0.2, 0.25) is 0 Å². The van der Waals surface area contributed by atoms with E-state index in [0.29, 0.717) is 0 Å². The topological polar surface area (TPSA) is 59.9 Å². The molecule has 0 saturated carbocycles. The van der Waals surface area contributed by atoms with Gasteiger partial charge in [-0.1, -0.05) is 18.7 Å². The summed E-state index contributed by atoms with van der Waals surface area (Å²) >= 11 is 1.62. The van der Waals surface area contributed by atoms with E-state index in [1.165, 1.54) is 0 Å². The second-order valence-corrected chi connectivity index (χ2v) is 5.68. The standard InChI is InChI=1S/C16H20N4OS/c1-4-11-22-16-18-15(12(2)19-20-16)9-10-17-13-5-7-14(21-3)8-6-13/h5-10,17H,4,11H2,1-3H3/b10-9+. The van der Waals surface area contributed by atoms with Crippen molar-refractivity contribution in [3.63, 3.8) is 0 Å². The molecule has 6 heteroatoms. The lowest BCUT2D eigenvalue weighted by molar-refractivity contribution is 0.415. The van der Waals surface area contributed by atoms with Gasteiger partial charge >= 0.3 is 0 Å². The number of hydrogen-bond acceptors (Lipinski definition) is 6. The maximum absolute atomic E-state index is 5.13. The highest BCUT2D eigenvalue weighted by Gasteiger charge is 2.03. The maximum Gasteiger partial charge on any atom is 0.209 e. The van der Waals surface area contributed by atoms with Crippen LogP contribution in [0.15, 0.2) is 35.6 Å². The van der Waals surface area contributed by atoms with Gasteiger partial charge in [-0.05, 0) is 43.7 Å². The molecule has 22 heavy (non-hydrogen) atoms. The van der Waals surface area contributed by atoms with E-state index in [-0.39, 0.29) is 0 Å². The fraction of sp³-hybridized carbons (Fsp3) is 0.312. The number of thioether (sulfide) groups is 1. The van der Waals surface area contributed by atoms with Crippen molar-refractivity contribution in [2.45, 2.75) is 25.4 Å². The van der Waals surface area contributed by atoms with Gasteiger partial charge in [0.1, 0.15) is 5.75 Å². The molecule has 0 aliphatic heterocycles. The molecule has 116 valence electrons. The summed E-state index contributed by atoms with van der Waals surface area (Å²) in [5, 5.41) is 12.2. The monoisotopic (exact) mass is 316 g/mol. The number of benzene rings is 1. The largest absolute Gasteiger partial charge is 0.497 e. The zero-order valence-electron chi connectivity index (χ0n) is 13.0. The molecule has 1 aromatic heterocycles. The Bertz CT molecular complexity index is 629. The third kappa shape index (κ3) is 4.73. The minimum Gasteiger partial charge on any atom is -0.497 e. The van der Waals surface area contributed by atoms with Gasteiger partial charge < -0.3 is 10.1 Å². The van der Waals surface area contributed by atoms with Gasteiger partial charge in [0.25, 0.3) is 0 Å². The predicted octanol–water partition coefficient (Wildman–Crippen LogP) is 3.77. The van der Waals surface area contributed by atoms with Crippen molar-refractivity contribution >= 4 is 23.5 Å². The first-order valence-electron chi connectivity index (χ1n) is 7.14. The molecule has 1 aromatic carbocycles. The lowest BCUT2D eigenvalue weighted by Crippen LogP contribution is -1.99. The van der Waals surface area contributed by atoms with Crippen molar-refractivity contribution in [2.24, 2.45) is 0 Å². The molecule has 1 heterocycles. The first kappa shape index (κ1) is 16.3. The van der Waals surface area contributed by atoms with Crippen LogP contribution in [0.1, 0.15) is 24.7 Å². The fourth-order valence-corrected chi connectivity index (χ4v) is 2.34. The Kier molecular flexibility index (Phi) is 6.21. The quantitative estimate of drug-likeness (QED) is 0.785. The van der Waals surface area contributed by atoms with Gasteiger partial charge in [0, 0.05) is 17.6 Å². The number of nitrogens with one attached hydrogen (secondary N) is 1. The summed E-state index contributed by atoms with van der Waals surface area (Å²) in [6.45, 7) is 4.04. The summed E-state index contributed by atoms with van der Waals surface area (Å²) < 4.78 is 5.13. The Hall–Kier alpha value is -2.08. The van der Waals surface area contributed by atoms with Crippen molar-refractivity contribution in [1.82, 2.24) is 15.2 Å². The van der Waals surface area contributed by atoms with Gasteiger partial charge in [-0.15, -0.1) is 5.10 Å². The Morgan fingerprint density at radius 3 is 2.68 bits per heavy atom. The molecule has 2 aromatic rings. The lowest BCUT2D eigenvalue weighted by Gasteiger charge is -2.04. The van der Waals surface area contributed by atoms with Crippen molar-refractivity contribution in [2.75, 3.05) is 18.2 Å². The number of nitrogens with zero attached hydrogens (tertiary/aromatic N) is 3. The van der Waals surface area contributed by atoms with E-state index in [1.807, 2.05) is 43.5 Å². The van der Waals surface area contributed by atoms with Crippen molar-refractivity contribution in [3.8, 4) is 5.75 Å². The Balaban J connectivity index is 2.01. The minimum atomic E-state index is 0.719. The first-order chi connectivity index (χ1) is 10.7. The predicted molar refractivity (Wildman–Crippen MR) is 91.2 cm³/mol. The highest BCUT2D eigenvalue weighted by atomic mass is 32.2. The zero-order valence-corrected chi connectivity index (χ0v) is 13.9. The Morgan fingerprint density at radius 2 is 2.00 bits per heavy atom. The second-order valence-electron chi connectivity index (χ2n) is 4.62. The van der Waals surface area contributed by atoms with E-state index in [9.17, 15) is 0 Å². The molecule has 0 fully saturated rings. The highest BCUT2D eigenvalue weighted by Crippen LogP contribution is 2.16. The molecule has 1 N–H and O–H groups in total. The number of aryl methyl sites for hydroxylation is 1. The van der Waals surface area contributed by atoms with Crippen LogP contribution in [0.25, 0.3) is 6.08 Å². The smallest absolute Gasteiger partial charge is 0.209 e. The maximum atomic E-state index is 5.13. The fourth-order valence-electron chi connectivity index (χ4n) is 1.69. The number of anilines is 1. The molecule has 0 bridgehead atoms. The SMILES string of the molecule is CCCSc1nnc(C)c(/C=C/Nc2ccc(OC)cc2)n1. The van der Waals surface area contributed by atoms with Crippen molar-refractivity contribution in [1.29, 1.82) is 0 Å². The van der Waals surface area contributed by atoms with Gasteiger partial charge in [0.05, 0.1) is 18.5 Å². The number of methoxy groups -OCH3 is 1. The molecule has 0 spiro atoms. The number of rotatable bonds is 7. The molecule has 0 amide bonds. The molecule has 0 radical (unpaired) electrons. The van der Waals surface area contributed by atoms with E-state index >= 15 is 0 Å². The van der Waals surface area contributed by atoms with E-state index in [4.69, 9.17) is 4.74 Å². The third-order valence-electron chi connectivity index (χ3n) is 2.89. The van der Waals surface area contributed by atoms with Crippen LogP contribution in [0.5, 0.6) is 5.75 Å². The molecule has 0 aliphatic rings. The summed E-state index contributed by atoms with van der Waals surface area (Å²) in [4.78, 5) is 4.51. The van der Waals surface area contributed by atoms with Gasteiger partial charge in [-0.3, -0.25) is 0 Å². The van der Waals surface area contributed by atoms with Crippen LogP contribution in [0, 0.1) is 6.92 Å². The lowest BCUT2D eigenvalue weighted by atomic mass is 10.3. The van der Waals surface area contributed by atoms with Crippen molar-refractivity contribution < 1.29 is 4.74 Å². The van der Waals surface area contributed by atoms with Gasteiger partial charge in [-0.2, -0.15) is 5.10 Å². The molecule has 0 unspecified atom stereocenters. The number of ether oxygens (including phenoxy) is 1. The van der Waals surface area contributed by atoms with Crippen LogP contribution >= 0.6 is 11.8 Å². The summed E-state index contributed by atoms with van der Waals surface area (Å²) in [6, 6.07) is 7.73. The number of hydrogen-bond donors (Lipinski definition) is 1. The summed E-state index contributed by atoms with van der Waals surface area (Å²) in [7, 11) is 1.65. The second kappa shape index (κ2) is 8.38. The normalized spacial score (nSPS) is 10.9. The van der Waals surface area contributed by atoms with Crippen LogP contribution < -0.4 is 10.1 Å². The Labute approximate surface area is 135 Å². The van der Waals surface area contributed by atoms with E-state index < -0.39 is 0 Å². The van der Waals surface area contributed by atoms with Gasteiger partial charge in [-0.25, -0.2) is 4.98 Å². The highest BCUT2D eigenvalue weighted by molar-refractivity contribution is 7.99. The summed E-state index contributed by atoms with van der Waals surface area (Å²) in [6.07, 6.45) is 4.85. The molecular formula is C16H20N4OS. The average molecular weight is 316 g/mol. The average Bonchev–Trinajstić information content (AvgIpc) is 2.56. The van der Waals surface area contributed by atoms with Gasteiger partial charge in [0.2, 0.25) is 5.16 Å². The third-order valence-corrected chi connectivity index (χ3v) is 3.93. The van der Waals surface area contributed by atoms with Gasteiger partial charge in [0.15, 0.2) is 0 Å². The van der Waals surface area contributed by atoms with Crippen LogP contribution in [0.4, 0.5) is 5.69 Å². The van der Waals surface area contributed by atoms with E-state index in [2.05, 4.69) is 27.4 Å². The zero-order chi connectivity index (χ0) is 15.8. The molecule has 2 rings (SSSR count). The van der Waals surface area contributed by atoms with Crippen LogP contribution in [-0.2, 0) is 0 Å². The molecule has 0 aliphatic carbocycles. The van der Waals surface area contributed by atoms with E-state index in [0.717, 1.165) is 40.2 Å². The van der Waals surface area contributed by atoms with Crippen LogP contribution in [-0.4, -0.2) is 28.0 Å². The first-order valence-corrected chi connectivity index (χ1v) is 8.12. The Morgan fingerprint density at radius 1 is 1.23 bits per heavy atom. The molecule has 0 atom stereocenters. The summed E-state index contributed by atoms with van der Waals surface area (Å²) in [5.74, 6) is 1.83. The van der Waals surface area contributed by atoms with Crippen molar-refractivity contribution in [3.05, 3.63) is 41.9 Å². The molecule has 0 saturated heterocycles. The minimum absolute atomic E-state index is 0.719. The molecular weight excluding hydrogens is 296 g/mol. The van der Waals surface area contributed by atoms with E-state index in [1.54, 1.807) is 18.9 Å². The van der Waals surface area contributed by atoms with Crippen LogP contribution in [0.3, 0.4) is 0 Å². The number of aromatic nitrogens is 3.